The van der Waals surface area contributed by atoms with Gasteiger partial charge in [0.1, 0.15) is 5.82 Å². The van der Waals surface area contributed by atoms with Gasteiger partial charge in [0.2, 0.25) is 0 Å². The number of nitrogens with two attached hydrogens (primary N) is 1. The van der Waals surface area contributed by atoms with Crippen molar-refractivity contribution < 1.29 is 4.39 Å². The zero-order valence-electron chi connectivity index (χ0n) is 6.93. The molecule has 0 saturated carbocycles. The fourth-order valence-corrected chi connectivity index (χ4v) is 1.35. The van der Waals surface area contributed by atoms with E-state index in [1.807, 2.05) is 0 Å². The van der Waals surface area contributed by atoms with Gasteiger partial charge in [-0.15, -0.1) is 12.3 Å². The minimum absolute atomic E-state index is 0.321. The van der Waals surface area contributed by atoms with Gasteiger partial charge in [-0.1, -0.05) is 17.7 Å². The molecule has 1 aromatic rings. The van der Waals surface area contributed by atoms with Crippen molar-refractivity contribution in [3.8, 4) is 12.3 Å². The summed E-state index contributed by atoms with van der Waals surface area (Å²) in [6.07, 6.45) is 5.49. The van der Waals surface area contributed by atoms with Crippen molar-refractivity contribution in [2.24, 2.45) is 5.73 Å². The van der Waals surface area contributed by atoms with Crippen LogP contribution >= 0.6 is 11.6 Å². The summed E-state index contributed by atoms with van der Waals surface area (Å²) in [5, 5.41) is 0.322. The number of rotatable bonds is 2. The molecule has 0 fully saturated rings. The average Bonchev–Trinajstić information content (AvgIpc) is 2.04. The van der Waals surface area contributed by atoms with E-state index >= 15 is 0 Å². The van der Waals surface area contributed by atoms with Crippen molar-refractivity contribution in [1.82, 2.24) is 0 Å². The van der Waals surface area contributed by atoms with E-state index in [9.17, 15) is 4.39 Å². The van der Waals surface area contributed by atoms with Crippen LogP contribution in [0.15, 0.2) is 18.2 Å². The predicted molar refractivity (Wildman–Crippen MR) is 51.8 cm³/mol. The SMILES string of the molecule is C#CCC(N)c1ccc(F)cc1Cl. The molecule has 68 valence electrons. The molecule has 1 atom stereocenters. The fraction of sp³-hybridized carbons (Fsp3) is 0.200. The van der Waals surface area contributed by atoms with E-state index in [0.717, 1.165) is 0 Å². The van der Waals surface area contributed by atoms with E-state index in [2.05, 4.69) is 5.92 Å². The Morgan fingerprint density at radius 1 is 1.62 bits per heavy atom. The highest BCUT2D eigenvalue weighted by Gasteiger charge is 2.09. The summed E-state index contributed by atoms with van der Waals surface area (Å²) in [6.45, 7) is 0. The Labute approximate surface area is 81.7 Å². The van der Waals surface area contributed by atoms with E-state index in [1.54, 1.807) is 6.07 Å². The molecule has 0 heterocycles. The first kappa shape index (κ1) is 10.0. The first-order valence-corrected chi connectivity index (χ1v) is 4.17. The normalized spacial score (nSPS) is 12.2. The maximum atomic E-state index is 12.6. The van der Waals surface area contributed by atoms with Gasteiger partial charge in [-0.05, 0) is 17.7 Å². The number of terminal acetylenes is 1. The highest BCUT2D eigenvalue weighted by Crippen LogP contribution is 2.23. The third kappa shape index (κ3) is 2.45. The van der Waals surface area contributed by atoms with Gasteiger partial charge < -0.3 is 5.73 Å². The summed E-state index contributed by atoms with van der Waals surface area (Å²) in [5.41, 5.74) is 6.39. The summed E-state index contributed by atoms with van der Waals surface area (Å²) in [6, 6.07) is 3.78. The average molecular weight is 198 g/mol. The molecule has 1 nitrogen and oxygen atoms in total. The second-order valence-corrected chi connectivity index (χ2v) is 3.09. The van der Waals surface area contributed by atoms with E-state index in [4.69, 9.17) is 23.8 Å². The molecule has 0 aliphatic heterocycles. The predicted octanol–water partition coefficient (Wildman–Crippen LogP) is 2.50. The standard InChI is InChI=1S/C10H9ClFN/c1-2-3-10(13)8-5-4-7(12)6-9(8)11/h1,4-6,10H,3,13H2. The third-order valence-electron chi connectivity index (χ3n) is 1.70. The molecule has 0 radical (unpaired) electrons. The molecule has 0 amide bonds. The van der Waals surface area contributed by atoms with Crippen molar-refractivity contribution in [2.45, 2.75) is 12.5 Å². The molecule has 1 aromatic carbocycles. The second kappa shape index (κ2) is 4.27. The van der Waals surface area contributed by atoms with Crippen molar-refractivity contribution in [3.63, 3.8) is 0 Å². The fourth-order valence-electron chi connectivity index (χ4n) is 1.04. The second-order valence-electron chi connectivity index (χ2n) is 2.68. The Balaban J connectivity index is 2.96. The molecular weight excluding hydrogens is 189 g/mol. The first-order valence-electron chi connectivity index (χ1n) is 3.79. The molecule has 0 bridgehead atoms. The van der Waals surface area contributed by atoms with E-state index in [-0.39, 0.29) is 11.9 Å². The molecule has 2 N–H and O–H groups in total. The molecule has 13 heavy (non-hydrogen) atoms. The maximum absolute atomic E-state index is 12.6. The zero-order chi connectivity index (χ0) is 9.84. The van der Waals surface area contributed by atoms with Crippen molar-refractivity contribution in [2.75, 3.05) is 0 Å². The Morgan fingerprint density at radius 2 is 2.31 bits per heavy atom. The molecule has 0 saturated heterocycles. The Morgan fingerprint density at radius 3 is 2.85 bits per heavy atom. The number of hydrogen-bond acceptors (Lipinski definition) is 1. The molecule has 3 heteroatoms. The summed E-state index contributed by atoms with van der Waals surface area (Å²) in [5.74, 6) is 2.06. The van der Waals surface area contributed by atoms with Crippen LogP contribution in [0, 0.1) is 18.2 Å². The van der Waals surface area contributed by atoms with Gasteiger partial charge in [0.15, 0.2) is 0 Å². The monoisotopic (exact) mass is 197 g/mol. The van der Waals surface area contributed by atoms with E-state index < -0.39 is 0 Å². The summed E-state index contributed by atoms with van der Waals surface area (Å²) < 4.78 is 12.6. The molecular formula is C10H9ClFN. The molecule has 0 aliphatic rings. The molecule has 0 aliphatic carbocycles. The summed E-state index contributed by atoms with van der Waals surface area (Å²) in [4.78, 5) is 0. The molecule has 0 spiro atoms. The lowest BCUT2D eigenvalue weighted by molar-refractivity contribution is 0.625. The highest BCUT2D eigenvalue weighted by molar-refractivity contribution is 6.31. The zero-order valence-corrected chi connectivity index (χ0v) is 7.68. The summed E-state index contributed by atoms with van der Waals surface area (Å²) >= 11 is 5.77. The van der Waals surface area contributed by atoms with Crippen LogP contribution in [0.5, 0.6) is 0 Å². The molecule has 1 rings (SSSR count). The van der Waals surface area contributed by atoms with Gasteiger partial charge in [-0.3, -0.25) is 0 Å². The van der Waals surface area contributed by atoms with Gasteiger partial charge in [0.25, 0.3) is 0 Å². The number of hydrogen-bond donors (Lipinski definition) is 1. The third-order valence-corrected chi connectivity index (χ3v) is 2.03. The van der Waals surface area contributed by atoms with Crippen LogP contribution in [0.4, 0.5) is 4.39 Å². The van der Waals surface area contributed by atoms with Gasteiger partial charge in [-0.2, -0.15) is 0 Å². The van der Waals surface area contributed by atoms with E-state index in [0.29, 0.717) is 17.0 Å². The van der Waals surface area contributed by atoms with Gasteiger partial charge >= 0.3 is 0 Å². The Bertz CT molecular complexity index is 343. The van der Waals surface area contributed by atoms with Crippen LogP contribution in [-0.2, 0) is 0 Å². The van der Waals surface area contributed by atoms with Crippen LogP contribution in [-0.4, -0.2) is 0 Å². The maximum Gasteiger partial charge on any atom is 0.124 e. The quantitative estimate of drug-likeness (QED) is 0.725. The van der Waals surface area contributed by atoms with Crippen molar-refractivity contribution >= 4 is 11.6 Å². The minimum Gasteiger partial charge on any atom is -0.323 e. The highest BCUT2D eigenvalue weighted by atomic mass is 35.5. The van der Waals surface area contributed by atoms with Crippen molar-refractivity contribution in [3.05, 3.63) is 34.6 Å². The van der Waals surface area contributed by atoms with Crippen LogP contribution < -0.4 is 5.73 Å². The first-order chi connectivity index (χ1) is 6.15. The lowest BCUT2D eigenvalue weighted by Gasteiger charge is -2.10. The van der Waals surface area contributed by atoms with Gasteiger partial charge in [0, 0.05) is 17.5 Å². The largest absolute Gasteiger partial charge is 0.323 e. The van der Waals surface area contributed by atoms with Gasteiger partial charge in [0.05, 0.1) is 0 Å². The smallest absolute Gasteiger partial charge is 0.124 e. The van der Waals surface area contributed by atoms with Crippen LogP contribution in [0.1, 0.15) is 18.0 Å². The van der Waals surface area contributed by atoms with Gasteiger partial charge in [-0.25, -0.2) is 4.39 Å². The number of halogens is 2. The van der Waals surface area contributed by atoms with Crippen LogP contribution in [0.3, 0.4) is 0 Å². The van der Waals surface area contributed by atoms with E-state index in [1.165, 1.54) is 12.1 Å². The van der Waals surface area contributed by atoms with Crippen molar-refractivity contribution in [1.29, 1.82) is 0 Å². The Hall–Kier alpha value is -1.04. The minimum atomic E-state index is -0.373. The number of benzene rings is 1. The lowest BCUT2D eigenvalue weighted by atomic mass is 10.1. The summed E-state index contributed by atoms with van der Waals surface area (Å²) in [7, 11) is 0. The Kier molecular flexibility index (Phi) is 3.30. The van der Waals surface area contributed by atoms with Crippen LogP contribution in [0.25, 0.3) is 0 Å². The topological polar surface area (TPSA) is 26.0 Å². The molecule has 0 aromatic heterocycles. The lowest BCUT2D eigenvalue weighted by Crippen LogP contribution is -2.09. The van der Waals surface area contributed by atoms with Crippen LogP contribution in [0.2, 0.25) is 5.02 Å². The molecule has 1 unspecified atom stereocenters.